The fourth-order valence-electron chi connectivity index (χ4n) is 2.04. The highest BCUT2D eigenvalue weighted by molar-refractivity contribution is 4.75. The second-order valence-corrected chi connectivity index (χ2v) is 5.86. The summed E-state index contributed by atoms with van der Waals surface area (Å²) in [5, 5.41) is 27.8. The van der Waals surface area contributed by atoms with Crippen LogP contribution in [0.25, 0.3) is 0 Å². The predicted octanol–water partition coefficient (Wildman–Crippen LogP) is 3.01. The van der Waals surface area contributed by atoms with Gasteiger partial charge in [0.1, 0.15) is 0 Å². The largest absolute Gasteiger partial charge is 0.396 e. The lowest BCUT2D eigenvalue weighted by Crippen LogP contribution is -2.35. The van der Waals surface area contributed by atoms with E-state index < -0.39 is 11.7 Å². The van der Waals surface area contributed by atoms with Crippen molar-refractivity contribution in [3.63, 3.8) is 0 Å². The van der Waals surface area contributed by atoms with Gasteiger partial charge in [0.25, 0.3) is 0 Å². The van der Waals surface area contributed by atoms with Crippen molar-refractivity contribution in [2.75, 3.05) is 6.61 Å². The van der Waals surface area contributed by atoms with Gasteiger partial charge < -0.3 is 15.3 Å². The van der Waals surface area contributed by atoms with Gasteiger partial charge in [0.05, 0.1) is 11.7 Å². The molecule has 3 nitrogen and oxygen atoms in total. The van der Waals surface area contributed by atoms with E-state index in [0.717, 1.165) is 25.7 Å². The van der Waals surface area contributed by atoms with Gasteiger partial charge in [-0.15, -0.1) is 0 Å². The summed E-state index contributed by atoms with van der Waals surface area (Å²) >= 11 is 0. The molecule has 0 saturated carbocycles. The third-order valence-corrected chi connectivity index (χ3v) is 3.45. The highest BCUT2D eigenvalue weighted by Crippen LogP contribution is 2.16. The van der Waals surface area contributed by atoms with Crippen molar-refractivity contribution in [3.8, 4) is 0 Å². The standard InChI is InChI=1S/C15H32O3/c1-15(2,18)14(17)12-10-8-6-4-3-5-7-9-11-13-16/h14,16-18H,3-13H2,1-2H3. The SMILES string of the molecule is CC(C)(O)C(O)CCCCCCCCCCCO. The Morgan fingerprint density at radius 2 is 1.17 bits per heavy atom. The maximum Gasteiger partial charge on any atom is 0.0849 e. The normalized spacial score (nSPS) is 13.8. The summed E-state index contributed by atoms with van der Waals surface area (Å²) in [6, 6.07) is 0. The van der Waals surface area contributed by atoms with Gasteiger partial charge in [0, 0.05) is 6.61 Å². The predicted molar refractivity (Wildman–Crippen MR) is 75.6 cm³/mol. The fraction of sp³-hybridized carbons (Fsp3) is 1.00. The van der Waals surface area contributed by atoms with Gasteiger partial charge in [-0.3, -0.25) is 0 Å². The summed E-state index contributed by atoms with van der Waals surface area (Å²) in [4.78, 5) is 0. The molecule has 0 saturated heterocycles. The van der Waals surface area contributed by atoms with Crippen LogP contribution in [0.15, 0.2) is 0 Å². The average molecular weight is 260 g/mol. The maximum atomic E-state index is 9.64. The van der Waals surface area contributed by atoms with Crippen molar-refractivity contribution in [1.29, 1.82) is 0 Å². The molecule has 0 aliphatic carbocycles. The highest BCUT2D eigenvalue weighted by Gasteiger charge is 2.23. The molecule has 0 aromatic rings. The minimum absolute atomic E-state index is 0.323. The Bertz CT molecular complexity index is 175. The van der Waals surface area contributed by atoms with E-state index in [2.05, 4.69) is 0 Å². The molecule has 0 aromatic heterocycles. The van der Waals surface area contributed by atoms with Crippen LogP contribution >= 0.6 is 0 Å². The van der Waals surface area contributed by atoms with Crippen LogP contribution in [0.2, 0.25) is 0 Å². The van der Waals surface area contributed by atoms with E-state index in [1.54, 1.807) is 13.8 Å². The average Bonchev–Trinajstić information content (AvgIpc) is 2.30. The quantitative estimate of drug-likeness (QED) is 0.473. The third-order valence-electron chi connectivity index (χ3n) is 3.45. The zero-order valence-electron chi connectivity index (χ0n) is 12.2. The number of rotatable bonds is 12. The molecule has 3 heteroatoms. The van der Waals surface area contributed by atoms with E-state index in [0.29, 0.717) is 13.0 Å². The topological polar surface area (TPSA) is 60.7 Å². The summed E-state index contributed by atoms with van der Waals surface area (Å²) in [5.41, 5.74) is -0.966. The highest BCUT2D eigenvalue weighted by atomic mass is 16.3. The van der Waals surface area contributed by atoms with Gasteiger partial charge in [-0.1, -0.05) is 51.4 Å². The first-order valence-corrected chi connectivity index (χ1v) is 7.49. The number of aliphatic hydroxyl groups excluding tert-OH is 2. The Labute approximate surface area is 112 Å². The minimum Gasteiger partial charge on any atom is -0.396 e. The Morgan fingerprint density at radius 3 is 1.56 bits per heavy atom. The number of hydrogen-bond donors (Lipinski definition) is 3. The lowest BCUT2D eigenvalue weighted by atomic mass is 9.96. The van der Waals surface area contributed by atoms with Crippen molar-refractivity contribution in [3.05, 3.63) is 0 Å². The van der Waals surface area contributed by atoms with E-state index in [-0.39, 0.29) is 0 Å². The number of aliphatic hydroxyl groups is 3. The van der Waals surface area contributed by atoms with Crippen LogP contribution in [0.4, 0.5) is 0 Å². The molecule has 0 rings (SSSR count). The van der Waals surface area contributed by atoms with Crippen molar-refractivity contribution in [2.24, 2.45) is 0 Å². The van der Waals surface area contributed by atoms with E-state index in [4.69, 9.17) is 5.11 Å². The van der Waals surface area contributed by atoms with Crippen molar-refractivity contribution < 1.29 is 15.3 Å². The first-order chi connectivity index (χ1) is 8.48. The van der Waals surface area contributed by atoms with Gasteiger partial charge in [-0.25, -0.2) is 0 Å². The summed E-state index contributed by atoms with van der Waals surface area (Å²) in [7, 11) is 0. The summed E-state index contributed by atoms with van der Waals surface area (Å²) in [6.07, 6.45) is 10.6. The summed E-state index contributed by atoms with van der Waals surface area (Å²) < 4.78 is 0. The lowest BCUT2D eigenvalue weighted by Gasteiger charge is -2.24. The monoisotopic (exact) mass is 260 g/mol. The molecule has 1 unspecified atom stereocenters. The molecular weight excluding hydrogens is 228 g/mol. The smallest absolute Gasteiger partial charge is 0.0849 e. The summed E-state index contributed by atoms with van der Waals surface area (Å²) in [6.45, 7) is 3.64. The van der Waals surface area contributed by atoms with Gasteiger partial charge in [-0.05, 0) is 26.7 Å². The second-order valence-electron chi connectivity index (χ2n) is 5.86. The van der Waals surface area contributed by atoms with Crippen molar-refractivity contribution in [2.45, 2.75) is 89.8 Å². The molecule has 0 bridgehead atoms. The van der Waals surface area contributed by atoms with Crippen molar-refractivity contribution >= 4 is 0 Å². The Morgan fingerprint density at radius 1 is 0.778 bits per heavy atom. The zero-order chi connectivity index (χ0) is 13.9. The molecule has 1 atom stereocenters. The minimum atomic E-state index is -0.966. The van der Waals surface area contributed by atoms with Gasteiger partial charge in [-0.2, -0.15) is 0 Å². The van der Waals surface area contributed by atoms with E-state index in [1.807, 2.05) is 0 Å². The molecular formula is C15H32O3. The summed E-state index contributed by atoms with van der Waals surface area (Å²) in [5.74, 6) is 0. The molecule has 0 radical (unpaired) electrons. The molecule has 0 amide bonds. The van der Waals surface area contributed by atoms with Crippen LogP contribution in [0, 0.1) is 0 Å². The van der Waals surface area contributed by atoms with E-state index in [1.165, 1.54) is 32.1 Å². The maximum absolute atomic E-state index is 9.64. The van der Waals surface area contributed by atoms with Crippen LogP contribution in [-0.2, 0) is 0 Å². The van der Waals surface area contributed by atoms with Crippen LogP contribution in [0.3, 0.4) is 0 Å². The first-order valence-electron chi connectivity index (χ1n) is 7.49. The van der Waals surface area contributed by atoms with Gasteiger partial charge >= 0.3 is 0 Å². The van der Waals surface area contributed by atoms with Gasteiger partial charge in [0.15, 0.2) is 0 Å². The molecule has 0 aliphatic heterocycles. The molecule has 3 N–H and O–H groups in total. The fourth-order valence-corrected chi connectivity index (χ4v) is 2.04. The number of unbranched alkanes of at least 4 members (excludes halogenated alkanes) is 8. The molecule has 18 heavy (non-hydrogen) atoms. The van der Waals surface area contributed by atoms with Gasteiger partial charge in [0.2, 0.25) is 0 Å². The van der Waals surface area contributed by atoms with Crippen molar-refractivity contribution in [1.82, 2.24) is 0 Å². The zero-order valence-corrected chi connectivity index (χ0v) is 12.2. The second kappa shape index (κ2) is 10.8. The Hall–Kier alpha value is -0.120. The van der Waals surface area contributed by atoms with E-state index in [9.17, 15) is 10.2 Å². The third kappa shape index (κ3) is 11.0. The Kier molecular flexibility index (Phi) is 10.7. The molecule has 0 aliphatic rings. The molecule has 0 spiro atoms. The first kappa shape index (κ1) is 17.9. The van der Waals surface area contributed by atoms with E-state index >= 15 is 0 Å². The van der Waals surface area contributed by atoms with Crippen LogP contribution < -0.4 is 0 Å². The molecule has 0 heterocycles. The van der Waals surface area contributed by atoms with Crippen LogP contribution in [0.5, 0.6) is 0 Å². The molecule has 110 valence electrons. The molecule has 0 aromatic carbocycles. The lowest BCUT2D eigenvalue weighted by molar-refractivity contribution is -0.0522. The number of hydrogen-bond acceptors (Lipinski definition) is 3. The van der Waals surface area contributed by atoms with Crippen LogP contribution in [-0.4, -0.2) is 33.6 Å². The molecule has 0 fully saturated rings. The Balaban J connectivity index is 3.17. The van der Waals surface area contributed by atoms with Crippen LogP contribution in [0.1, 0.15) is 78.1 Å².